The van der Waals surface area contributed by atoms with E-state index in [9.17, 15) is 0 Å². The van der Waals surface area contributed by atoms with Crippen LogP contribution < -0.4 is 0 Å². The van der Waals surface area contributed by atoms with Gasteiger partial charge in [-0.25, -0.2) is 4.98 Å². The van der Waals surface area contributed by atoms with Crippen LogP contribution in [-0.2, 0) is 5.41 Å². The molecule has 0 aliphatic rings. The Kier molecular flexibility index (Phi) is 2.77. The van der Waals surface area contributed by atoms with E-state index < -0.39 is 0 Å². The van der Waals surface area contributed by atoms with Gasteiger partial charge in [0.05, 0.1) is 27.6 Å². The van der Waals surface area contributed by atoms with Gasteiger partial charge in [0, 0.05) is 10.8 Å². The van der Waals surface area contributed by atoms with Crippen molar-refractivity contribution in [2.45, 2.75) is 26.2 Å². The summed E-state index contributed by atoms with van der Waals surface area (Å²) in [5.41, 5.74) is 7.35. The van der Waals surface area contributed by atoms with Crippen molar-refractivity contribution in [1.29, 1.82) is 0 Å². The largest absolute Gasteiger partial charge is 0.277 e. The lowest BCUT2D eigenvalue weighted by Crippen LogP contribution is -2.10. The second kappa shape index (κ2) is 5.11. The van der Waals surface area contributed by atoms with Crippen molar-refractivity contribution < 1.29 is 0 Å². The maximum Gasteiger partial charge on any atom is 0.220 e. The fraction of sp³-hybridized carbons (Fsp3) is 0.148. The summed E-state index contributed by atoms with van der Waals surface area (Å²) in [5.74, 6) is 0.993. The molecule has 3 heteroatoms. The molecule has 0 spiro atoms. The highest BCUT2D eigenvalue weighted by molar-refractivity contribution is 6.18. The summed E-state index contributed by atoms with van der Waals surface area (Å²) in [6, 6.07) is 26.5. The first-order chi connectivity index (χ1) is 14.5. The van der Waals surface area contributed by atoms with Crippen molar-refractivity contribution in [2.24, 2.45) is 0 Å². The Morgan fingerprint density at radius 2 is 1.40 bits per heavy atom. The summed E-state index contributed by atoms with van der Waals surface area (Å²) in [4.78, 5) is 5.05. The van der Waals surface area contributed by atoms with Crippen LogP contribution in [0.4, 0.5) is 0 Å². The highest BCUT2D eigenvalue weighted by Gasteiger charge is 2.24. The molecule has 7 aromatic rings. The molecule has 0 saturated heterocycles. The molecule has 0 saturated carbocycles. The molecular formula is C27H21N3. The zero-order chi connectivity index (χ0) is 20.2. The van der Waals surface area contributed by atoms with Crippen LogP contribution in [0.5, 0.6) is 0 Å². The van der Waals surface area contributed by atoms with Crippen molar-refractivity contribution in [3.8, 4) is 0 Å². The van der Waals surface area contributed by atoms with Crippen LogP contribution in [0.15, 0.2) is 72.8 Å². The number of para-hydroxylation sites is 2. The van der Waals surface area contributed by atoms with E-state index in [1.807, 2.05) is 0 Å². The number of fused-ring (bicyclic) bond motifs is 9. The molecule has 7 rings (SSSR count). The predicted octanol–water partition coefficient (Wildman–Crippen LogP) is 6.94. The number of aromatic nitrogens is 3. The lowest BCUT2D eigenvalue weighted by atomic mass is 9.86. The van der Waals surface area contributed by atoms with Crippen LogP contribution in [-0.4, -0.2) is 13.8 Å². The standard InChI is InChI=1S/C27H21N3/c1-27(2,3)18-14-20-19-12-16-8-4-5-9-17(16)13-23(19)30-25(20)24(15-18)29-22-11-7-6-10-21(22)28-26(29)30/h4-15H,1-3H3. The molecule has 4 aromatic carbocycles. The Morgan fingerprint density at radius 3 is 2.20 bits per heavy atom. The van der Waals surface area contributed by atoms with Crippen molar-refractivity contribution in [3.63, 3.8) is 0 Å². The summed E-state index contributed by atoms with van der Waals surface area (Å²) in [6.07, 6.45) is 0. The minimum Gasteiger partial charge on any atom is -0.277 e. The smallest absolute Gasteiger partial charge is 0.220 e. The molecule has 3 heterocycles. The Morgan fingerprint density at radius 1 is 0.667 bits per heavy atom. The molecule has 3 aromatic heterocycles. The minimum atomic E-state index is 0.0646. The topological polar surface area (TPSA) is 21.7 Å². The van der Waals surface area contributed by atoms with E-state index in [0.717, 1.165) is 16.8 Å². The highest BCUT2D eigenvalue weighted by Crippen LogP contribution is 2.40. The Bertz CT molecular complexity index is 1770. The molecule has 0 bridgehead atoms. The summed E-state index contributed by atoms with van der Waals surface area (Å²) < 4.78 is 4.69. The monoisotopic (exact) mass is 387 g/mol. The molecule has 0 aliphatic carbocycles. The van der Waals surface area contributed by atoms with Gasteiger partial charge in [0.15, 0.2) is 0 Å². The van der Waals surface area contributed by atoms with Gasteiger partial charge in [-0.2, -0.15) is 0 Å². The van der Waals surface area contributed by atoms with Gasteiger partial charge in [-0.15, -0.1) is 0 Å². The summed E-state index contributed by atoms with van der Waals surface area (Å²) in [6.45, 7) is 6.87. The second-order valence-corrected chi connectivity index (χ2v) is 9.43. The van der Waals surface area contributed by atoms with E-state index in [0.29, 0.717) is 0 Å². The van der Waals surface area contributed by atoms with E-state index in [-0.39, 0.29) is 5.41 Å². The molecular weight excluding hydrogens is 366 g/mol. The predicted molar refractivity (Wildman–Crippen MR) is 126 cm³/mol. The maximum atomic E-state index is 5.05. The quantitative estimate of drug-likeness (QED) is 0.276. The van der Waals surface area contributed by atoms with Gasteiger partial charge in [0.25, 0.3) is 0 Å². The third-order valence-corrected chi connectivity index (χ3v) is 6.56. The number of imidazole rings is 2. The maximum absolute atomic E-state index is 5.05. The number of benzene rings is 4. The van der Waals surface area contributed by atoms with Gasteiger partial charge >= 0.3 is 0 Å². The van der Waals surface area contributed by atoms with E-state index in [1.54, 1.807) is 0 Å². The normalized spacial score (nSPS) is 13.2. The van der Waals surface area contributed by atoms with Crippen LogP contribution in [0.25, 0.3) is 54.9 Å². The second-order valence-electron chi connectivity index (χ2n) is 9.43. The van der Waals surface area contributed by atoms with Crippen LogP contribution in [0, 0.1) is 0 Å². The zero-order valence-electron chi connectivity index (χ0n) is 17.3. The zero-order valence-corrected chi connectivity index (χ0v) is 17.3. The van der Waals surface area contributed by atoms with Crippen LogP contribution >= 0.6 is 0 Å². The Balaban J connectivity index is 1.84. The Hall–Kier alpha value is -3.59. The number of hydrogen-bond acceptors (Lipinski definition) is 1. The van der Waals surface area contributed by atoms with Gasteiger partial charge in [0.1, 0.15) is 0 Å². The highest BCUT2D eigenvalue weighted by atomic mass is 15.2. The van der Waals surface area contributed by atoms with Crippen LogP contribution in [0.3, 0.4) is 0 Å². The Labute approximate surface area is 173 Å². The van der Waals surface area contributed by atoms with Crippen molar-refractivity contribution in [3.05, 3.63) is 78.4 Å². The first-order valence-corrected chi connectivity index (χ1v) is 10.5. The van der Waals surface area contributed by atoms with Gasteiger partial charge in [-0.05, 0) is 58.1 Å². The lowest BCUT2D eigenvalue weighted by molar-refractivity contribution is 0.591. The fourth-order valence-electron chi connectivity index (χ4n) is 5.02. The molecule has 0 fully saturated rings. The van der Waals surface area contributed by atoms with E-state index >= 15 is 0 Å². The molecule has 0 N–H and O–H groups in total. The number of rotatable bonds is 0. The SMILES string of the molecule is CC(C)(C)c1cc2c3cc4ccccc4cc3n3c2c(c1)n1c2ccccc2nc13. The molecule has 30 heavy (non-hydrogen) atoms. The molecule has 0 radical (unpaired) electrons. The van der Waals surface area contributed by atoms with Crippen molar-refractivity contribution >= 4 is 54.9 Å². The first-order valence-electron chi connectivity index (χ1n) is 10.5. The summed E-state index contributed by atoms with van der Waals surface area (Å²) >= 11 is 0. The third kappa shape index (κ3) is 1.88. The van der Waals surface area contributed by atoms with E-state index in [1.165, 1.54) is 43.7 Å². The van der Waals surface area contributed by atoms with Gasteiger partial charge in [-0.3, -0.25) is 8.80 Å². The fourth-order valence-corrected chi connectivity index (χ4v) is 5.02. The molecule has 144 valence electrons. The average Bonchev–Trinajstić information content (AvgIpc) is 3.36. The number of nitrogens with zero attached hydrogens (tertiary/aromatic N) is 3. The molecule has 0 amide bonds. The minimum absolute atomic E-state index is 0.0646. The summed E-state index contributed by atoms with van der Waals surface area (Å²) in [7, 11) is 0. The molecule has 0 unspecified atom stereocenters. The number of hydrogen-bond donors (Lipinski definition) is 0. The van der Waals surface area contributed by atoms with E-state index in [2.05, 4.69) is 102 Å². The summed E-state index contributed by atoms with van der Waals surface area (Å²) in [5, 5.41) is 5.15. The molecule has 0 aliphatic heterocycles. The molecule has 3 nitrogen and oxygen atoms in total. The van der Waals surface area contributed by atoms with Crippen LogP contribution in [0.1, 0.15) is 26.3 Å². The lowest BCUT2D eigenvalue weighted by Gasteiger charge is -2.19. The van der Waals surface area contributed by atoms with Crippen LogP contribution in [0.2, 0.25) is 0 Å². The van der Waals surface area contributed by atoms with Gasteiger partial charge < -0.3 is 0 Å². The van der Waals surface area contributed by atoms with E-state index in [4.69, 9.17) is 4.98 Å². The van der Waals surface area contributed by atoms with Crippen molar-refractivity contribution in [1.82, 2.24) is 13.8 Å². The van der Waals surface area contributed by atoms with Gasteiger partial charge in [-0.1, -0.05) is 57.2 Å². The molecule has 0 atom stereocenters. The van der Waals surface area contributed by atoms with Crippen molar-refractivity contribution in [2.75, 3.05) is 0 Å². The average molecular weight is 387 g/mol. The first kappa shape index (κ1) is 16.2. The van der Waals surface area contributed by atoms with Gasteiger partial charge in [0.2, 0.25) is 5.78 Å². The third-order valence-electron chi connectivity index (χ3n) is 6.56.